The molecule has 1 aromatic carbocycles. The van der Waals surface area contributed by atoms with Gasteiger partial charge in [-0.15, -0.1) is 0 Å². The summed E-state index contributed by atoms with van der Waals surface area (Å²) in [6.45, 7) is 2.11. The SMILES string of the molecule is CO[C@@H]1Cc2ccccc2[C@H]1Nc1ncnc2c1ccn2[C@@H]1C[C@H](C)[C@@H](O)C1. The van der Waals surface area contributed by atoms with Crippen LogP contribution in [0.5, 0.6) is 0 Å². The van der Waals surface area contributed by atoms with Crippen LogP contribution in [0.3, 0.4) is 0 Å². The maximum Gasteiger partial charge on any atom is 0.145 e. The van der Waals surface area contributed by atoms with Crippen LogP contribution in [0.25, 0.3) is 11.0 Å². The number of aromatic nitrogens is 3. The van der Waals surface area contributed by atoms with Gasteiger partial charge in [-0.25, -0.2) is 9.97 Å². The summed E-state index contributed by atoms with van der Waals surface area (Å²) >= 11 is 0. The van der Waals surface area contributed by atoms with Crippen LogP contribution in [0.1, 0.15) is 43.0 Å². The van der Waals surface area contributed by atoms with Gasteiger partial charge in [-0.1, -0.05) is 31.2 Å². The number of nitrogens with one attached hydrogen (secondary N) is 1. The largest absolute Gasteiger partial charge is 0.393 e. The fourth-order valence-electron chi connectivity index (χ4n) is 4.90. The lowest BCUT2D eigenvalue weighted by molar-refractivity contribution is 0.0960. The van der Waals surface area contributed by atoms with Gasteiger partial charge < -0.3 is 19.7 Å². The van der Waals surface area contributed by atoms with E-state index < -0.39 is 0 Å². The zero-order valence-electron chi connectivity index (χ0n) is 16.2. The van der Waals surface area contributed by atoms with E-state index in [4.69, 9.17) is 4.74 Å². The van der Waals surface area contributed by atoms with Gasteiger partial charge in [0.2, 0.25) is 0 Å². The summed E-state index contributed by atoms with van der Waals surface area (Å²) < 4.78 is 7.96. The predicted octanol–water partition coefficient (Wildman–Crippen LogP) is 3.49. The van der Waals surface area contributed by atoms with Crippen LogP contribution < -0.4 is 5.32 Å². The van der Waals surface area contributed by atoms with E-state index in [1.165, 1.54) is 11.1 Å². The van der Waals surface area contributed by atoms with E-state index in [1.807, 2.05) is 0 Å². The van der Waals surface area contributed by atoms with E-state index in [-0.39, 0.29) is 24.3 Å². The summed E-state index contributed by atoms with van der Waals surface area (Å²) in [6, 6.07) is 10.9. The van der Waals surface area contributed by atoms with Crippen molar-refractivity contribution in [1.82, 2.24) is 14.5 Å². The lowest BCUT2D eigenvalue weighted by Crippen LogP contribution is -2.24. The molecule has 28 heavy (non-hydrogen) atoms. The van der Waals surface area contributed by atoms with Gasteiger partial charge in [0.25, 0.3) is 0 Å². The molecule has 0 amide bonds. The average molecular weight is 378 g/mol. The maximum atomic E-state index is 10.2. The number of methoxy groups -OCH3 is 1. The number of nitrogens with zero attached hydrogens (tertiary/aromatic N) is 3. The third kappa shape index (κ3) is 2.79. The minimum absolute atomic E-state index is 0.0657. The van der Waals surface area contributed by atoms with Crippen LogP contribution in [-0.2, 0) is 11.2 Å². The van der Waals surface area contributed by atoms with Crippen molar-refractivity contribution in [2.75, 3.05) is 12.4 Å². The van der Waals surface area contributed by atoms with Crippen molar-refractivity contribution in [3.8, 4) is 0 Å². The average Bonchev–Trinajstić information content (AvgIpc) is 3.38. The molecule has 2 aliphatic carbocycles. The Morgan fingerprint density at radius 2 is 2.04 bits per heavy atom. The van der Waals surface area contributed by atoms with Crippen LogP contribution in [0.4, 0.5) is 5.82 Å². The molecule has 146 valence electrons. The summed E-state index contributed by atoms with van der Waals surface area (Å²) in [5.74, 6) is 1.15. The summed E-state index contributed by atoms with van der Waals surface area (Å²) in [5.41, 5.74) is 3.51. The number of benzene rings is 1. The van der Waals surface area contributed by atoms with E-state index in [1.54, 1.807) is 13.4 Å². The topological polar surface area (TPSA) is 72.2 Å². The minimum Gasteiger partial charge on any atom is -0.393 e. The molecule has 2 aliphatic rings. The Kier molecular flexibility index (Phi) is 4.33. The number of hydrogen-bond acceptors (Lipinski definition) is 5. The zero-order chi connectivity index (χ0) is 19.3. The van der Waals surface area contributed by atoms with Crippen molar-refractivity contribution >= 4 is 16.9 Å². The van der Waals surface area contributed by atoms with Gasteiger partial charge in [-0.05, 0) is 36.0 Å². The Labute approximate surface area is 164 Å². The monoisotopic (exact) mass is 378 g/mol. The highest BCUT2D eigenvalue weighted by atomic mass is 16.5. The van der Waals surface area contributed by atoms with Crippen molar-refractivity contribution in [3.63, 3.8) is 0 Å². The molecule has 2 N–H and O–H groups in total. The first-order chi connectivity index (χ1) is 13.7. The van der Waals surface area contributed by atoms with Crippen molar-refractivity contribution in [2.45, 2.75) is 50.5 Å². The summed E-state index contributed by atoms with van der Waals surface area (Å²) in [5, 5.41) is 14.8. The number of aliphatic hydroxyl groups is 1. The number of fused-ring (bicyclic) bond motifs is 2. The summed E-state index contributed by atoms with van der Waals surface area (Å²) in [6.07, 6.45) is 6.19. The number of ether oxygens (including phenoxy) is 1. The molecule has 0 spiro atoms. The third-order valence-electron chi connectivity index (χ3n) is 6.49. The Morgan fingerprint density at radius 1 is 1.18 bits per heavy atom. The lowest BCUT2D eigenvalue weighted by Gasteiger charge is -2.22. The van der Waals surface area contributed by atoms with E-state index in [9.17, 15) is 5.11 Å². The number of hydrogen-bond donors (Lipinski definition) is 2. The fraction of sp³-hybridized carbons (Fsp3) is 0.455. The third-order valence-corrected chi connectivity index (χ3v) is 6.49. The first kappa shape index (κ1) is 17.6. The highest BCUT2D eigenvalue weighted by molar-refractivity contribution is 5.87. The smallest absolute Gasteiger partial charge is 0.145 e. The van der Waals surface area contributed by atoms with Gasteiger partial charge in [0.05, 0.1) is 23.6 Å². The normalized spacial score (nSPS) is 29.3. The summed E-state index contributed by atoms with van der Waals surface area (Å²) in [4.78, 5) is 9.09. The number of aliphatic hydroxyl groups excluding tert-OH is 1. The highest BCUT2D eigenvalue weighted by Crippen LogP contribution is 2.39. The van der Waals surface area contributed by atoms with Crippen LogP contribution >= 0.6 is 0 Å². The molecule has 2 heterocycles. The van der Waals surface area contributed by atoms with Gasteiger partial charge in [0, 0.05) is 25.8 Å². The molecule has 6 nitrogen and oxygen atoms in total. The van der Waals surface area contributed by atoms with Crippen LogP contribution in [0, 0.1) is 5.92 Å². The van der Waals surface area contributed by atoms with Crippen LogP contribution in [-0.4, -0.2) is 39.0 Å². The van der Waals surface area contributed by atoms with Crippen LogP contribution in [0.15, 0.2) is 42.9 Å². The van der Waals surface area contributed by atoms with E-state index >= 15 is 0 Å². The predicted molar refractivity (Wildman–Crippen MR) is 108 cm³/mol. The van der Waals surface area contributed by atoms with Crippen molar-refractivity contribution in [3.05, 3.63) is 54.0 Å². The molecule has 5 rings (SSSR count). The Balaban J connectivity index is 1.49. The van der Waals surface area contributed by atoms with Crippen molar-refractivity contribution < 1.29 is 9.84 Å². The van der Waals surface area contributed by atoms with Gasteiger partial charge in [0.1, 0.15) is 17.8 Å². The first-order valence-electron chi connectivity index (χ1n) is 10.0. The minimum atomic E-state index is -0.237. The maximum absolute atomic E-state index is 10.2. The molecule has 3 aromatic rings. The second kappa shape index (κ2) is 6.87. The summed E-state index contributed by atoms with van der Waals surface area (Å²) in [7, 11) is 1.77. The molecule has 2 aromatic heterocycles. The molecule has 0 saturated heterocycles. The van der Waals surface area contributed by atoms with E-state index in [0.717, 1.165) is 36.1 Å². The molecule has 1 fully saturated rings. The van der Waals surface area contributed by atoms with Crippen molar-refractivity contribution in [2.24, 2.45) is 5.92 Å². The Morgan fingerprint density at radius 3 is 2.82 bits per heavy atom. The molecule has 1 saturated carbocycles. The molecule has 5 atom stereocenters. The second-order valence-electron chi connectivity index (χ2n) is 8.15. The molecular weight excluding hydrogens is 352 g/mol. The molecule has 0 radical (unpaired) electrons. The van der Waals surface area contributed by atoms with Gasteiger partial charge in [-0.3, -0.25) is 0 Å². The Hall–Kier alpha value is -2.44. The number of rotatable bonds is 4. The van der Waals surface area contributed by atoms with Crippen LogP contribution in [0.2, 0.25) is 0 Å². The standard InChI is InChI=1S/C22H26N4O2/c1-13-9-15(11-18(13)27)26-8-7-17-21(23-12-24-22(17)26)25-20-16-6-4-3-5-14(16)10-19(20)28-2/h3-8,12-13,15,18-20,27H,9-11H2,1-2H3,(H,23,24,25)/t13-,15+,18-,19+,20+/m0/s1. The van der Waals surface area contributed by atoms with Gasteiger partial charge >= 0.3 is 0 Å². The number of anilines is 1. The zero-order valence-corrected chi connectivity index (χ0v) is 16.2. The second-order valence-corrected chi connectivity index (χ2v) is 8.15. The fourth-order valence-corrected chi connectivity index (χ4v) is 4.90. The molecule has 0 unspecified atom stereocenters. The molecule has 6 heteroatoms. The van der Waals surface area contributed by atoms with Crippen molar-refractivity contribution in [1.29, 1.82) is 0 Å². The molecular formula is C22H26N4O2. The quantitative estimate of drug-likeness (QED) is 0.727. The van der Waals surface area contributed by atoms with E-state index in [2.05, 4.69) is 63.3 Å². The van der Waals surface area contributed by atoms with E-state index in [0.29, 0.717) is 5.92 Å². The van der Waals surface area contributed by atoms with Gasteiger partial charge in [-0.2, -0.15) is 0 Å². The molecule has 0 bridgehead atoms. The first-order valence-corrected chi connectivity index (χ1v) is 10.0. The Bertz CT molecular complexity index is 991. The highest BCUT2D eigenvalue weighted by Gasteiger charge is 2.34. The van der Waals surface area contributed by atoms with Gasteiger partial charge in [0.15, 0.2) is 0 Å². The lowest BCUT2D eigenvalue weighted by atomic mass is 10.1. The molecule has 0 aliphatic heterocycles.